The zero-order valence-corrected chi connectivity index (χ0v) is 17.0. The van der Waals surface area contributed by atoms with Crippen LogP contribution in [0.2, 0.25) is 0 Å². The van der Waals surface area contributed by atoms with Crippen molar-refractivity contribution in [2.24, 2.45) is 0 Å². The number of rotatable bonds is 6. The fourth-order valence-electron chi connectivity index (χ4n) is 3.83. The average Bonchev–Trinajstić information content (AvgIpc) is 3.39. The lowest BCUT2D eigenvalue weighted by molar-refractivity contribution is -0.127. The van der Waals surface area contributed by atoms with E-state index in [-0.39, 0.29) is 5.91 Å². The topological polar surface area (TPSA) is 102 Å². The third-order valence-electron chi connectivity index (χ3n) is 5.43. The van der Waals surface area contributed by atoms with Crippen molar-refractivity contribution in [2.75, 3.05) is 24.1 Å². The van der Waals surface area contributed by atoms with Crippen LogP contribution in [-0.2, 0) is 11.3 Å². The number of carbonyl (C=O) groups excluding carboxylic acids is 1. The van der Waals surface area contributed by atoms with E-state index in [2.05, 4.69) is 10.3 Å². The van der Waals surface area contributed by atoms with Gasteiger partial charge < -0.3 is 20.5 Å². The Morgan fingerprint density at radius 2 is 1.90 bits per heavy atom. The number of nitrogens with two attached hydrogens (primary N) is 1. The summed E-state index contributed by atoms with van der Waals surface area (Å²) >= 11 is 0. The molecule has 156 valence electrons. The fraction of sp³-hybridized carbons (Fsp3) is 0.217. The molecule has 0 aliphatic carbocycles. The molecule has 5 rings (SSSR count). The second kappa shape index (κ2) is 8.06. The summed E-state index contributed by atoms with van der Waals surface area (Å²) in [6.07, 6.45) is 3.33. The highest BCUT2D eigenvalue weighted by atomic mass is 16.2. The van der Waals surface area contributed by atoms with Crippen LogP contribution in [-0.4, -0.2) is 43.4 Å². The van der Waals surface area contributed by atoms with Gasteiger partial charge in [0, 0.05) is 43.0 Å². The van der Waals surface area contributed by atoms with Crippen LogP contribution in [0.4, 0.5) is 17.2 Å². The summed E-state index contributed by atoms with van der Waals surface area (Å²) in [5.74, 6) is 1.41. The van der Waals surface area contributed by atoms with Crippen LogP contribution in [0.1, 0.15) is 12.8 Å². The number of hydrogen-bond donors (Lipinski definition) is 2. The number of nitrogens with zero attached hydrogens (tertiary/aromatic N) is 5. The van der Waals surface area contributed by atoms with E-state index in [1.807, 2.05) is 64.1 Å². The van der Waals surface area contributed by atoms with E-state index in [1.54, 1.807) is 6.33 Å². The molecule has 4 aromatic rings. The van der Waals surface area contributed by atoms with Crippen molar-refractivity contribution in [3.05, 3.63) is 60.9 Å². The van der Waals surface area contributed by atoms with Gasteiger partial charge in [0.1, 0.15) is 0 Å². The van der Waals surface area contributed by atoms with Gasteiger partial charge in [-0.15, -0.1) is 0 Å². The summed E-state index contributed by atoms with van der Waals surface area (Å²) in [5, 5.41) is 3.37. The molecule has 2 aromatic heterocycles. The summed E-state index contributed by atoms with van der Waals surface area (Å²) in [7, 11) is 0. The molecule has 1 aliphatic rings. The Morgan fingerprint density at radius 3 is 2.68 bits per heavy atom. The van der Waals surface area contributed by atoms with E-state index < -0.39 is 0 Å². The number of imidazole rings is 1. The van der Waals surface area contributed by atoms with Crippen molar-refractivity contribution in [2.45, 2.75) is 19.4 Å². The first-order valence-corrected chi connectivity index (χ1v) is 10.4. The monoisotopic (exact) mass is 413 g/mol. The molecule has 8 heteroatoms. The highest BCUT2D eigenvalue weighted by molar-refractivity contribution is 5.87. The van der Waals surface area contributed by atoms with E-state index in [0.717, 1.165) is 29.9 Å². The summed E-state index contributed by atoms with van der Waals surface area (Å²) in [5.41, 5.74) is 9.79. The van der Waals surface area contributed by atoms with Crippen molar-refractivity contribution in [1.29, 1.82) is 0 Å². The number of anilines is 3. The van der Waals surface area contributed by atoms with Crippen molar-refractivity contribution in [3.8, 4) is 11.4 Å². The highest BCUT2D eigenvalue weighted by Gasteiger charge is 2.21. The molecule has 1 amide bonds. The maximum Gasteiger partial charge on any atom is 0.222 e. The smallest absolute Gasteiger partial charge is 0.222 e. The molecular formula is C23H23N7O. The fourth-order valence-corrected chi connectivity index (χ4v) is 3.83. The maximum absolute atomic E-state index is 12.0. The zero-order chi connectivity index (χ0) is 21.2. The van der Waals surface area contributed by atoms with Crippen molar-refractivity contribution in [1.82, 2.24) is 24.4 Å². The van der Waals surface area contributed by atoms with E-state index in [0.29, 0.717) is 42.4 Å². The SMILES string of the molecule is Nc1cccc(-c2nc(Nc3ccccc3)c3ncn(CCN4CCCC4=O)c3n2)c1. The zero-order valence-electron chi connectivity index (χ0n) is 17.0. The number of amides is 1. The molecule has 8 nitrogen and oxygen atoms in total. The van der Waals surface area contributed by atoms with E-state index >= 15 is 0 Å². The van der Waals surface area contributed by atoms with Gasteiger partial charge in [0.05, 0.1) is 6.33 Å². The summed E-state index contributed by atoms with van der Waals surface area (Å²) in [4.78, 5) is 28.0. The Bertz CT molecular complexity index is 1240. The van der Waals surface area contributed by atoms with Gasteiger partial charge in [0.15, 0.2) is 22.8 Å². The number of aromatic nitrogens is 4. The molecule has 0 radical (unpaired) electrons. The van der Waals surface area contributed by atoms with Crippen LogP contribution >= 0.6 is 0 Å². The number of benzene rings is 2. The molecule has 0 spiro atoms. The Morgan fingerprint density at radius 1 is 1.03 bits per heavy atom. The molecule has 1 fully saturated rings. The normalized spacial score (nSPS) is 13.8. The minimum atomic E-state index is 0.214. The molecule has 0 atom stereocenters. The van der Waals surface area contributed by atoms with Crippen LogP contribution in [0.25, 0.3) is 22.6 Å². The van der Waals surface area contributed by atoms with Gasteiger partial charge in [-0.25, -0.2) is 15.0 Å². The lowest BCUT2D eigenvalue weighted by atomic mass is 10.2. The van der Waals surface area contributed by atoms with Crippen molar-refractivity contribution >= 4 is 34.3 Å². The predicted octanol–water partition coefficient (Wildman–Crippen LogP) is 3.44. The molecule has 0 bridgehead atoms. The third kappa shape index (κ3) is 3.92. The quantitative estimate of drug-likeness (QED) is 0.470. The number of fused-ring (bicyclic) bond motifs is 1. The summed E-state index contributed by atoms with van der Waals surface area (Å²) in [6, 6.07) is 17.4. The van der Waals surface area contributed by atoms with E-state index in [1.165, 1.54) is 0 Å². The van der Waals surface area contributed by atoms with Gasteiger partial charge in [-0.05, 0) is 30.7 Å². The first-order chi connectivity index (χ1) is 15.2. The molecule has 0 saturated carbocycles. The van der Waals surface area contributed by atoms with Gasteiger partial charge >= 0.3 is 0 Å². The first kappa shape index (κ1) is 19.0. The molecule has 1 aliphatic heterocycles. The number of para-hydroxylation sites is 1. The average molecular weight is 413 g/mol. The van der Waals surface area contributed by atoms with Gasteiger partial charge in [-0.1, -0.05) is 30.3 Å². The highest BCUT2D eigenvalue weighted by Crippen LogP contribution is 2.27. The van der Waals surface area contributed by atoms with Crippen LogP contribution in [0.5, 0.6) is 0 Å². The van der Waals surface area contributed by atoms with Crippen LogP contribution in [0.15, 0.2) is 60.9 Å². The largest absolute Gasteiger partial charge is 0.399 e. The Balaban J connectivity index is 1.55. The minimum absolute atomic E-state index is 0.214. The van der Waals surface area contributed by atoms with Gasteiger partial charge in [0.25, 0.3) is 0 Å². The number of hydrogen-bond acceptors (Lipinski definition) is 6. The summed E-state index contributed by atoms with van der Waals surface area (Å²) < 4.78 is 1.98. The molecule has 3 N–H and O–H groups in total. The molecule has 0 unspecified atom stereocenters. The van der Waals surface area contributed by atoms with Gasteiger partial charge in [-0.2, -0.15) is 0 Å². The minimum Gasteiger partial charge on any atom is -0.399 e. The number of nitrogen functional groups attached to an aromatic ring is 1. The number of carbonyl (C=O) groups is 1. The molecule has 2 aromatic carbocycles. The second-order valence-electron chi connectivity index (χ2n) is 7.61. The standard InChI is InChI=1S/C23H23N7O/c24-17-7-4-6-16(14-17)21-27-22(26-18-8-2-1-3-9-18)20-23(28-21)30(15-25-20)13-12-29-11-5-10-19(29)31/h1-4,6-9,14-15H,5,10-13,24H2,(H,26,27,28). The van der Waals surface area contributed by atoms with Crippen LogP contribution in [0.3, 0.4) is 0 Å². The number of nitrogens with one attached hydrogen (secondary N) is 1. The Hall–Kier alpha value is -3.94. The maximum atomic E-state index is 12.0. The second-order valence-corrected chi connectivity index (χ2v) is 7.61. The summed E-state index contributed by atoms with van der Waals surface area (Å²) in [6.45, 7) is 2.08. The van der Waals surface area contributed by atoms with Crippen molar-refractivity contribution in [3.63, 3.8) is 0 Å². The van der Waals surface area contributed by atoms with E-state index in [9.17, 15) is 4.79 Å². The predicted molar refractivity (Wildman–Crippen MR) is 121 cm³/mol. The third-order valence-corrected chi connectivity index (χ3v) is 5.43. The van der Waals surface area contributed by atoms with Gasteiger partial charge in [-0.3, -0.25) is 4.79 Å². The first-order valence-electron chi connectivity index (χ1n) is 10.4. The van der Waals surface area contributed by atoms with Crippen LogP contribution in [0, 0.1) is 0 Å². The van der Waals surface area contributed by atoms with E-state index in [4.69, 9.17) is 15.7 Å². The molecular weight excluding hydrogens is 390 g/mol. The van der Waals surface area contributed by atoms with Crippen molar-refractivity contribution < 1.29 is 4.79 Å². The molecule has 1 saturated heterocycles. The molecule has 31 heavy (non-hydrogen) atoms. The Labute approximate surface area is 179 Å². The Kier molecular flexibility index (Phi) is 4.95. The van der Waals surface area contributed by atoms with Gasteiger partial charge in [0.2, 0.25) is 5.91 Å². The lowest BCUT2D eigenvalue weighted by Crippen LogP contribution is -2.28. The molecule has 3 heterocycles. The van der Waals surface area contributed by atoms with Crippen LogP contribution < -0.4 is 11.1 Å². The number of likely N-dealkylation sites (tertiary alicyclic amines) is 1. The lowest BCUT2D eigenvalue weighted by Gasteiger charge is -2.16.